The molecule has 1 nitrogen and oxygen atoms in total. The molecule has 2 rings (SSSR count). The maximum Gasteiger partial charge on any atom is 0.101 e. The van der Waals surface area contributed by atoms with Gasteiger partial charge in [0.05, 0.1) is 0 Å². The molecule has 13 heavy (non-hydrogen) atoms. The summed E-state index contributed by atoms with van der Waals surface area (Å²) in [7, 11) is 0. The van der Waals surface area contributed by atoms with Crippen LogP contribution in [0.5, 0.6) is 0 Å². The summed E-state index contributed by atoms with van der Waals surface area (Å²) in [5.74, 6) is 2.53. The van der Waals surface area contributed by atoms with Gasteiger partial charge in [0.1, 0.15) is 6.04 Å². The van der Waals surface area contributed by atoms with E-state index in [4.69, 9.17) is 12.2 Å². The zero-order chi connectivity index (χ0) is 9.26. The summed E-state index contributed by atoms with van der Waals surface area (Å²) < 4.78 is 1.24. The lowest BCUT2D eigenvalue weighted by Crippen LogP contribution is -2.04. The molecule has 2 aromatic rings. The number of fused-ring (bicyclic) bond motifs is 1. The molecule has 2 N–H and O–H groups in total. The van der Waals surface area contributed by atoms with E-state index in [2.05, 4.69) is 24.1 Å². The summed E-state index contributed by atoms with van der Waals surface area (Å²) in [6.07, 6.45) is 5.26. The number of thiophene rings is 1. The normalized spacial score (nSPS) is 12.6. The predicted molar refractivity (Wildman–Crippen MR) is 57.6 cm³/mol. The third kappa shape index (κ3) is 1.44. The van der Waals surface area contributed by atoms with Gasteiger partial charge in [-0.3, -0.25) is 0 Å². The van der Waals surface area contributed by atoms with E-state index in [0.717, 1.165) is 4.88 Å². The van der Waals surface area contributed by atoms with Crippen LogP contribution in [0.2, 0.25) is 0 Å². The number of nitrogens with two attached hydrogens (primary N) is 1. The monoisotopic (exact) mass is 187 g/mol. The van der Waals surface area contributed by atoms with Gasteiger partial charge < -0.3 is 5.73 Å². The number of rotatable bonds is 1. The Morgan fingerprint density at radius 1 is 1.38 bits per heavy atom. The third-order valence-corrected chi connectivity index (χ3v) is 3.13. The first-order chi connectivity index (χ1) is 6.31. The lowest BCUT2D eigenvalue weighted by atomic mass is 10.2. The summed E-state index contributed by atoms with van der Waals surface area (Å²) in [6.45, 7) is 0. The molecule has 0 aliphatic heterocycles. The second kappa shape index (κ2) is 3.21. The van der Waals surface area contributed by atoms with Gasteiger partial charge in [0.2, 0.25) is 0 Å². The zero-order valence-corrected chi connectivity index (χ0v) is 7.84. The summed E-state index contributed by atoms with van der Waals surface area (Å²) in [5.41, 5.74) is 5.73. The largest absolute Gasteiger partial charge is 0.313 e. The topological polar surface area (TPSA) is 26.0 Å². The maximum absolute atomic E-state index is 5.73. The van der Waals surface area contributed by atoms with E-state index in [-0.39, 0.29) is 6.04 Å². The van der Waals surface area contributed by atoms with Crippen molar-refractivity contribution >= 4 is 21.4 Å². The van der Waals surface area contributed by atoms with Crippen LogP contribution in [0.3, 0.4) is 0 Å². The van der Waals surface area contributed by atoms with E-state index in [1.807, 2.05) is 12.1 Å². The highest BCUT2D eigenvalue weighted by Crippen LogP contribution is 2.28. The van der Waals surface area contributed by atoms with Gasteiger partial charge in [-0.15, -0.1) is 17.8 Å². The van der Waals surface area contributed by atoms with Crippen molar-refractivity contribution in [1.29, 1.82) is 0 Å². The Kier molecular flexibility index (Phi) is 2.05. The molecular formula is C11H9NS. The maximum atomic E-state index is 5.73. The van der Waals surface area contributed by atoms with Crippen LogP contribution < -0.4 is 5.73 Å². The Hall–Kier alpha value is -1.30. The molecule has 0 amide bonds. The minimum Gasteiger partial charge on any atom is -0.313 e. The smallest absolute Gasteiger partial charge is 0.101 e. The van der Waals surface area contributed by atoms with E-state index in [0.29, 0.717) is 0 Å². The molecule has 0 radical (unpaired) electrons. The number of benzene rings is 1. The molecule has 0 aliphatic carbocycles. The van der Waals surface area contributed by atoms with Crippen molar-refractivity contribution in [2.45, 2.75) is 6.04 Å². The Morgan fingerprint density at radius 2 is 2.15 bits per heavy atom. The Bertz CT molecular complexity index is 431. The van der Waals surface area contributed by atoms with Crippen molar-refractivity contribution in [3.8, 4) is 12.3 Å². The van der Waals surface area contributed by atoms with Gasteiger partial charge in [-0.2, -0.15) is 0 Å². The summed E-state index contributed by atoms with van der Waals surface area (Å²) in [6, 6.07) is 9.97. The van der Waals surface area contributed by atoms with E-state index < -0.39 is 0 Å². The molecule has 0 fully saturated rings. The lowest BCUT2D eigenvalue weighted by molar-refractivity contribution is 0.975. The van der Waals surface area contributed by atoms with Crippen LogP contribution in [0.4, 0.5) is 0 Å². The van der Waals surface area contributed by atoms with Crippen molar-refractivity contribution < 1.29 is 0 Å². The van der Waals surface area contributed by atoms with E-state index in [1.54, 1.807) is 11.3 Å². The van der Waals surface area contributed by atoms with Gasteiger partial charge in [-0.1, -0.05) is 24.1 Å². The average molecular weight is 187 g/mol. The van der Waals surface area contributed by atoms with E-state index in [1.165, 1.54) is 10.1 Å². The SMILES string of the molecule is C#CC(N)c1cc2ccccc2s1. The molecule has 64 valence electrons. The van der Waals surface area contributed by atoms with Gasteiger partial charge in [0, 0.05) is 9.58 Å². The fraction of sp³-hybridized carbons (Fsp3) is 0.0909. The van der Waals surface area contributed by atoms with Crippen LogP contribution in [0, 0.1) is 12.3 Å². The first-order valence-corrected chi connectivity index (χ1v) is 4.83. The first-order valence-electron chi connectivity index (χ1n) is 4.01. The summed E-state index contributed by atoms with van der Waals surface area (Å²) in [5, 5.41) is 1.22. The Labute approximate surface area is 81.2 Å². The number of hydrogen-bond donors (Lipinski definition) is 1. The Morgan fingerprint density at radius 3 is 2.85 bits per heavy atom. The quantitative estimate of drug-likeness (QED) is 0.682. The highest BCUT2D eigenvalue weighted by atomic mass is 32.1. The fourth-order valence-corrected chi connectivity index (χ4v) is 2.26. The standard InChI is InChI=1S/C11H9NS/c1-2-9(12)11-7-8-5-3-4-6-10(8)13-11/h1,3-7,9H,12H2. The molecule has 1 unspecified atom stereocenters. The predicted octanol–water partition coefficient (Wildman–Crippen LogP) is 2.53. The van der Waals surface area contributed by atoms with Crippen molar-refractivity contribution in [3.63, 3.8) is 0 Å². The van der Waals surface area contributed by atoms with Gasteiger partial charge in [0.15, 0.2) is 0 Å². The highest BCUT2D eigenvalue weighted by molar-refractivity contribution is 7.19. The van der Waals surface area contributed by atoms with Gasteiger partial charge in [-0.05, 0) is 17.5 Å². The van der Waals surface area contributed by atoms with Crippen LogP contribution in [-0.2, 0) is 0 Å². The number of terminal acetylenes is 1. The summed E-state index contributed by atoms with van der Waals surface area (Å²) in [4.78, 5) is 1.06. The zero-order valence-electron chi connectivity index (χ0n) is 7.03. The second-order valence-corrected chi connectivity index (χ2v) is 3.95. The summed E-state index contributed by atoms with van der Waals surface area (Å²) >= 11 is 1.66. The van der Waals surface area contributed by atoms with Gasteiger partial charge in [-0.25, -0.2) is 0 Å². The van der Waals surface area contributed by atoms with Crippen molar-refractivity contribution in [2.24, 2.45) is 5.73 Å². The molecule has 1 heterocycles. The van der Waals surface area contributed by atoms with Gasteiger partial charge in [0.25, 0.3) is 0 Å². The minimum absolute atomic E-state index is 0.266. The van der Waals surface area contributed by atoms with Crippen LogP contribution in [0.25, 0.3) is 10.1 Å². The lowest BCUT2D eigenvalue weighted by Gasteiger charge is -1.96. The number of hydrogen-bond acceptors (Lipinski definition) is 2. The van der Waals surface area contributed by atoms with Crippen LogP contribution >= 0.6 is 11.3 Å². The van der Waals surface area contributed by atoms with Crippen LogP contribution in [-0.4, -0.2) is 0 Å². The molecule has 0 bridgehead atoms. The van der Waals surface area contributed by atoms with Crippen molar-refractivity contribution in [1.82, 2.24) is 0 Å². The average Bonchev–Trinajstić information content (AvgIpc) is 2.59. The molecule has 0 saturated heterocycles. The van der Waals surface area contributed by atoms with E-state index >= 15 is 0 Å². The molecule has 1 aromatic heterocycles. The molecular weight excluding hydrogens is 178 g/mol. The molecule has 1 aromatic carbocycles. The molecule has 1 atom stereocenters. The molecule has 0 saturated carbocycles. The van der Waals surface area contributed by atoms with Crippen LogP contribution in [0.15, 0.2) is 30.3 Å². The Balaban J connectivity index is 2.57. The van der Waals surface area contributed by atoms with Crippen molar-refractivity contribution in [2.75, 3.05) is 0 Å². The molecule has 2 heteroatoms. The van der Waals surface area contributed by atoms with Crippen molar-refractivity contribution in [3.05, 3.63) is 35.2 Å². The fourth-order valence-electron chi connectivity index (χ4n) is 1.24. The third-order valence-electron chi connectivity index (χ3n) is 1.93. The second-order valence-electron chi connectivity index (χ2n) is 2.83. The minimum atomic E-state index is -0.266. The first kappa shape index (κ1) is 8.31. The molecule has 0 spiro atoms. The highest BCUT2D eigenvalue weighted by Gasteiger charge is 2.05. The van der Waals surface area contributed by atoms with Crippen LogP contribution in [0.1, 0.15) is 10.9 Å². The van der Waals surface area contributed by atoms with E-state index in [9.17, 15) is 0 Å². The van der Waals surface area contributed by atoms with Gasteiger partial charge >= 0.3 is 0 Å². The molecule has 0 aliphatic rings.